The maximum absolute atomic E-state index is 12.8. The molecule has 0 fully saturated rings. The van der Waals surface area contributed by atoms with Gasteiger partial charge in [0.2, 0.25) is 0 Å². The molecule has 0 aliphatic carbocycles. The first-order chi connectivity index (χ1) is 10.3. The van der Waals surface area contributed by atoms with Gasteiger partial charge in [-0.25, -0.2) is 0 Å². The van der Waals surface area contributed by atoms with Gasteiger partial charge in [-0.15, -0.1) is 0 Å². The molecular formula is C18H20N2O. The molecule has 0 unspecified atom stereocenters. The predicted octanol–water partition coefficient (Wildman–Crippen LogP) is 3.64. The van der Waals surface area contributed by atoms with Crippen LogP contribution >= 0.6 is 0 Å². The molecule has 0 bridgehead atoms. The Bertz CT molecular complexity index is 634. The van der Waals surface area contributed by atoms with Gasteiger partial charge in [-0.2, -0.15) is 0 Å². The van der Waals surface area contributed by atoms with Gasteiger partial charge in [0, 0.05) is 23.5 Å². The molecule has 2 aromatic rings. The van der Waals surface area contributed by atoms with Crippen molar-refractivity contribution in [3.8, 4) is 0 Å². The van der Waals surface area contributed by atoms with Crippen molar-refractivity contribution >= 4 is 17.3 Å². The van der Waals surface area contributed by atoms with Crippen molar-refractivity contribution in [1.82, 2.24) is 0 Å². The first kappa shape index (κ1) is 13.7. The normalized spacial score (nSPS) is 15.0. The molecule has 2 aromatic carbocycles. The zero-order valence-electron chi connectivity index (χ0n) is 12.1. The fraction of sp³-hybridized carbons (Fsp3) is 0.278. The van der Waals surface area contributed by atoms with Crippen LogP contribution < -0.4 is 10.6 Å². The highest BCUT2D eigenvalue weighted by molar-refractivity contribution is 6.06. The topological polar surface area (TPSA) is 46.3 Å². The van der Waals surface area contributed by atoms with Gasteiger partial charge in [-0.1, -0.05) is 24.6 Å². The molecule has 0 atom stereocenters. The summed E-state index contributed by atoms with van der Waals surface area (Å²) in [7, 11) is 0. The number of nitrogens with zero attached hydrogens (tertiary/aromatic N) is 1. The number of hydrogen-bond acceptors (Lipinski definition) is 2. The summed E-state index contributed by atoms with van der Waals surface area (Å²) in [4.78, 5) is 14.7. The highest BCUT2D eigenvalue weighted by atomic mass is 16.2. The SMILES string of the molecule is Nc1ccc(C(=O)N2CCCCCc3ccccc32)cc1. The minimum atomic E-state index is 0.0596. The van der Waals surface area contributed by atoms with E-state index in [1.54, 1.807) is 24.3 Å². The van der Waals surface area contributed by atoms with Crippen LogP contribution in [0.2, 0.25) is 0 Å². The number of carbonyl (C=O) groups excluding carboxylic acids is 1. The zero-order chi connectivity index (χ0) is 14.7. The summed E-state index contributed by atoms with van der Waals surface area (Å²) in [6, 6.07) is 15.4. The summed E-state index contributed by atoms with van der Waals surface area (Å²) in [6.07, 6.45) is 4.46. The summed E-state index contributed by atoms with van der Waals surface area (Å²) < 4.78 is 0. The molecule has 3 nitrogen and oxygen atoms in total. The summed E-state index contributed by atoms with van der Waals surface area (Å²) in [5.74, 6) is 0.0596. The Morgan fingerprint density at radius 1 is 0.952 bits per heavy atom. The van der Waals surface area contributed by atoms with Crippen LogP contribution in [0, 0.1) is 0 Å². The van der Waals surface area contributed by atoms with Gasteiger partial charge in [-0.05, 0) is 55.2 Å². The van der Waals surface area contributed by atoms with Crippen molar-refractivity contribution < 1.29 is 4.79 Å². The third kappa shape index (κ3) is 2.92. The Hall–Kier alpha value is -2.29. The van der Waals surface area contributed by atoms with Crippen LogP contribution in [0.4, 0.5) is 11.4 Å². The molecule has 0 spiro atoms. The lowest BCUT2D eigenvalue weighted by molar-refractivity contribution is 0.0986. The maximum atomic E-state index is 12.8. The van der Waals surface area contributed by atoms with Crippen molar-refractivity contribution in [2.24, 2.45) is 0 Å². The van der Waals surface area contributed by atoms with Gasteiger partial charge < -0.3 is 10.6 Å². The van der Waals surface area contributed by atoms with Gasteiger partial charge in [0.1, 0.15) is 0 Å². The maximum Gasteiger partial charge on any atom is 0.258 e. The van der Waals surface area contributed by atoms with E-state index >= 15 is 0 Å². The Morgan fingerprint density at radius 3 is 2.52 bits per heavy atom. The lowest BCUT2D eigenvalue weighted by Crippen LogP contribution is -2.33. The quantitative estimate of drug-likeness (QED) is 0.811. The van der Waals surface area contributed by atoms with E-state index in [1.165, 1.54) is 18.4 Å². The minimum Gasteiger partial charge on any atom is -0.399 e. The fourth-order valence-electron chi connectivity index (χ4n) is 2.86. The third-order valence-corrected chi connectivity index (χ3v) is 4.01. The van der Waals surface area contributed by atoms with Crippen LogP contribution in [0.1, 0.15) is 35.2 Å². The minimum absolute atomic E-state index is 0.0596. The van der Waals surface area contributed by atoms with Crippen LogP contribution in [0.15, 0.2) is 48.5 Å². The summed E-state index contributed by atoms with van der Waals surface area (Å²) >= 11 is 0. The molecule has 1 aliphatic rings. The molecule has 1 amide bonds. The Labute approximate surface area is 125 Å². The number of nitrogens with two attached hydrogens (primary N) is 1. The third-order valence-electron chi connectivity index (χ3n) is 4.01. The van der Waals surface area contributed by atoms with Gasteiger partial charge in [0.05, 0.1) is 0 Å². The molecule has 2 N–H and O–H groups in total. The summed E-state index contributed by atoms with van der Waals surface area (Å²) in [6.45, 7) is 0.778. The number of anilines is 2. The number of hydrogen-bond donors (Lipinski definition) is 1. The second kappa shape index (κ2) is 6.00. The number of amides is 1. The number of aryl methyl sites for hydroxylation is 1. The fourth-order valence-corrected chi connectivity index (χ4v) is 2.86. The van der Waals surface area contributed by atoms with E-state index < -0.39 is 0 Å². The van der Waals surface area contributed by atoms with Crippen molar-refractivity contribution in [3.05, 3.63) is 59.7 Å². The van der Waals surface area contributed by atoms with E-state index in [-0.39, 0.29) is 5.91 Å². The largest absolute Gasteiger partial charge is 0.399 e. The molecule has 0 saturated heterocycles. The van der Waals surface area contributed by atoms with E-state index in [9.17, 15) is 4.79 Å². The first-order valence-corrected chi connectivity index (χ1v) is 7.51. The van der Waals surface area contributed by atoms with Crippen LogP contribution in [-0.2, 0) is 6.42 Å². The number of nitrogen functional groups attached to an aromatic ring is 1. The first-order valence-electron chi connectivity index (χ1n) is 7.51. The molecule has 3 rings (SSSR count). The molecule has 3 heteroatoms. The van der Waals surface area contributed by atoms with E-state index in [2.05, 4.69) is 12.1 Å². The van der Waals surface area contributed by atoms with Crippen molar-refractivity contribution in [2.45, 2.75) is 25.7 Å². The molecule has 0 saturated carbocycles. The molecule has 21 heavy (non-hydrogen) atoms. The van der Waals surface area contributed by atoms with E-state index in [4.69, 9.17) is 5.73 Å². The standard InChI is InChI=1S/C18H20N2O/c19-16-11-9-15(10-12-16)18(21)20-13-5-1-2-6-14-7-3-4-8-17(14)20/h3-4,7-12H,1-2,5-6,13,19H2. The number of rotatable bonds is 1. The van der Waals surface area contributed by atoms with Gasteiger partial charge in [0.25, 0.3) is 5.91 Å². The number of benzene rings is 2. The molecule has 1 heterocycles. The van der Waals surface area contributed by atoms with Crippen molar-refractivity contribution in [2.75, 3.05) is 17.2 Å². The number of para-hydroxylation sites is 1. The Morgan fingerprint density at radius 2 is 1.71 bits per heavy atom. The van der Waals surface area contributed by atoms with Gasteiger partial charge >= 0.3 is 0 Å². The van der Waals surface area contributed by atoms with E-state index in [1.807, 2.05) is 17.0 Å². The number of fused-ring (bicyclic) bond motifs is 1. The van der Waals surface area contributed by atoms with E-state index in [0.717, 1.165) is 25.1 Å². The van der Waals surface area contributed by atoms with Crippen molar-refractivity contribution in [3.63, 3.8) is 0 Å². The lowest BCUT2D eigenvalue weighted by Gasteiger charge is -2.27. The number of carbonyl (C=O) groups is 1. The average Bonchev–Trinajstić information content (AvgIpc) is 2.48. The molecule has 0 aromatic heterocycles. The molecule has 0 radical (unpaired) electrons. The second-order valence-electron chi connectivity index (χ2n) is 5.52. The zero-order valence-corrected chi connectivity index (χ0v) is 12.1. The highest BCUT2D eigenvalue weighted by Gasteiger charge is 2.21. The van der Waals surface area contributed by atoms with Crippen LogP contribution in [-0.4, -0.2) is 12.5 Å². The van der Waals surface area contributed by atoms with Crippen LogP contribution in [0.3, 0.4) is 0 Å². The Balaban J connectivity index is 1.96. The molecule has 108 valence electrons. The molecular weight excluding hydrogens is 260 g/mol. The summed E-state index contributed by atoms with van der Waals surface area (Å²) in [5.41, 5.74) is 9.40. The highest BCUT2D eigenvalue weighted by Crippen LogP contribution is 2.27. The van der Waals surface area contributed by atoms with E-state index in [0.29, 0.717) is 11.3 Å². The van der Waals surface area contributed by atoms with Crippen LogP contribution in [0.5, 0.6) is 0 Å². The predicted molar refractivity (Wildman–Crippen MR) is 86.5 cm³/mol. The van der Waals surface area contributed by atoms with Crippen LogP contribution in [0.25, 0.3) is 0 Å². The van der Waals surface area contributed by atoms with Gasteiger partial charge in [0.15, 0.2) is 0 Å². The molecule has 1 aliphatic heterocycles. The lowest BCUT2D eigenvalue weighted by atomic mass is 10.0. The van der Waals surface area contributed by atoms with Gasteiger partial charge in [-0.3, -0.25) is 4.79 Å². The monoisotopic (exact) mass is 280 g/mol. The smallest absolute Gasteiger partial charge is 0.258 e. The summed E-state index contributed by atoms with van der Waals surface area (Å²) in [5, 5.41) is 0. The average molecular weight is 280 g/mol. The Kier molecular flexibility index (Phi) is 3.91. The van der Waals surface area contributed by atoms with Crippen molar-refractivity contribution in [1.29, 1.82) is 0 Å². The second-order valence-corrected chi connectivity index (χ2v) is 5.52.